The van der Waals surface area contributed by atoms with Crippen LogP contribution < -0.4 is 21.1 Å². The van der Waals surface area contributed by atoms with Crippen molar-refractivity contribution < 1.29 is 4.74 Å². The fraction of sp³-hybridized carbons (Fsp3) is 0.238. The highest BCUT2D eigenvalue weighted by Gasteiger charge is 2.36. The van der Waals surface area contributed by atoms with Crippen molar-refractivity contribution in [3.8, 4) is 6.07 Å². The Labute approximate surface area is 174 Å². The van der Waals surface area contributed by atoms with E-state index in [-0.39, 0.29) is 5.69 Å². The predicted molar refractivity (Wildman–Crippen MR) is 116 cm³/mol. The van der Waals surface area contributed by atoms with Gasteiger partial charge in [0.05, 0.1) is 36.3 Å². The van der Waals surface area contributed by atoms with Crippen molar-refractivity contribution in [2.75, 3.05) is 42.8 Å². The van der Waals surface area contributed by atoms with Gasteiger partial charge in [-0.15, -0.1) is 5.10 Å². The molecule has 0 spiro atoms. The summed E-state index contributed by atoms with van der Waals surface area (Å²) in [6.07, 6.45) is 0. The molecular formula is C21H23N8O+. The van der Waals surface area contributed by atoms with E-state index in [1.807, 2.05) is 55.5 Å². The molecule has 1 aromatic heterocycles. The zero-order valence-electron chi connectivity index (χ0n) is 16.7. The van der Waals surface area contributed by atoms with Crippen LogP contribution in [0.15, 0.2) is 48.5 Å². The van der Waals surface area contributed by atoms with E-state index in [4.69, 9.17) is 10.5 Å². The summed E-state index contributed by atoms with van der Waals surface area (Å²) >= 11 is 0. The molecule has 0 aliphatic carbocycles. The summed E-state index contributed by atoms with van der Waals surface area (Å²) in [5.74, 6) is 0.632. The number of anilines is 4. The Balaban J connectivity index is 1.67. The molecule has 0 atom stereocenters. The Bertz CT molecular complexity index is 1090. The molecule has 30 heavy (non-hydrogen) atoms. The van der Waals surface area contributed by atoms with Crippen molar-refractivity contribution >= 4 is 28.6 Å². The Morgan fingerprint density at radius 2 is 1.87 bits per heavy atom. The first-order chi connectivity index (χ1) is 14.6. The van der Waals surface area contributed by atoms with E-state index in [0.717, 1.165) is 22.6 Å². The number of hydrogen-bond donors (Lipinski definition) is 3. The van der Waals surface area contributed by atoms with Crippen LogP contribution in [0.5, 0.6) is 0 Å². The molecule has 1 aliphatic heterocycles. The van der Waals surface area contributed by atoms with Crippen LogP contribution in [0.2, 0.25) is 0 Å². The van der Waals surface area contributed by atoms with E-state index in [0.29, 0.717) is 42.4 Å². The Morgan fingerprint density at radius 1 is 1.07 bits per heavy atom. The van der Waals surface area contributed by atoms with Gasteiger partial charge in [-0.1, -0.05) is 23.3 Å². The number of benzene rings is 2. The van der Waals surface area contributed by atoms with Gasteiger partial charge < -0.3 is 15.8 Å². The molecule has 0 radical (unpaired) electrons. The molecule has 1 aliphatic rings. The average molecular weight is 403 g/mol. The number of aryl methyl sites for hydroxylation is 1. The van der Waals surface area contributed by atoms with Gasteiger partial charge >= 0.3 is 0 Å². The van der Waals surface area contributed by atoms with Crippen LogP contribution in [-0.2, 0) is 4.74 Å². The normalized spacial score (nSPS) is 15.2. The molecule has 2 aromatic carbocycles. The first-order valence-corrected chi connectivity index (χ1v) is 9.66. The van der Waals surface area contributed by atoms with Crippen molar-refractivity contribution in [1.82, 2.24) is 20.0 Å². The number of rotatable bonds is 5. The molecule has 0 bridgehead atoms. The number of ether oxygens (including phenoxy) is 1. The third kappa shape index (κ3) is 4.00. The van der Waals surface area contributed by atoms with E-state index in [2.05, 4.69) is 26.2 Å². The summed E-state index contributed by atoms with van der Waals surface area (Å²) in [5, 5.41) is 24.4. The fourth-order valence-corrected chi connectivity index (χ4v) is 3.44. The molecule has 4 rings (SSSR count). The van der Waals surface area contributed by atoms with Gasteiger partial charge in [0.15, 0.2) is 5.69 Å². The molecule has 3 aromatic rings. The van der Waals surface area contributed by atoms with Crippen molar-refractivity contribution in [1.29, 1.82) is 5.26 Å². The third-order valence-electron chi connectivity index (χ3n) is 5.16. The van der Waals surface area contributed by atoms with Crippen LogP contribution in [0.25, 0.3) is 0 Å². The van der Waals surface area contributed by atoms with E-state index in [9.17, 15) is 5.26 Å². The standard InChI is InChI=1S/C21H23N8O/c1-15-6-7-16(12-20(15)24-19-5-3-2-4-18(19)23)27-29(8-10-30-11-9-29)21-13-17(14-22)25-28-26-21/h2-7,12-13,24,27H,8-11,23H2,1H3/q+1. The minimum atomic E-state index is 0.233. The second kappa shape index (κ2) is 8.32. The van der Waals surface area contributed by atoms with Crippen molar-refractivity contribution in [2.45, 2.75) is 6.92 Å². The van der Waals surface area contributed by atoms with E-state index in [1.165, 1.54) is 0 Å². The van der Waals surface area contributed by atoms with Gasteiger partial charge in [0.25, 0.3) is 5.82 Å². The van der Waals surface area contributed by atoms with Crippen molar-refractivity contribution in [3.05, 3.63) is 59.8 Å². The SMILES string of the molecule is Cc1ccc(N[N+]2(c3cc(C#N)nnn3)CCOCC2)cc1Nc1ccccc1N. The predicted octanol–water partition coefficient (Wildman–Crippen LogP) is 2.74. The van der Waals surface area contributed by atoms with Gasteiger partial charge in [-0.3, -0.25) is 0 Å². The molecule has 0 unspecified atom stereocenters. The number of nitriles is 1. The summed E-state index contributed by atoms with van der Waals surface area (Å²) in [5.41, 5.74) is 14.4. The maximum Gasteiger partial charge on any atom is 0.276 e. The fourth-order valence-electron chi connectivity index (χ4n) is 3.44. The molecule has 0 saturated carbocycles. The number of quaternary nitrogens is 1. The minimum absolute atomic E-state index is 0.233. The number of nitrogens with one attached hydrogen (secondary N) is 2. The molecule has 1 fully saturated rings. The molecule has 152 valence electrons. The highest BCUT2D eigenvalue weighted by atomic mass is 16.5. The van der Waals surface area contributed by atoms with Gasteiger partial charge in [0, 0.05) is 5.69 Å². The molecule has 4 N–H and O–H groups in total. The maximum absolute atomic E-state index is 9.21. The molecule has 0 amide bonds. The molecular weight excluding hydrogens is 380 g/mol. The summed E-state index contributed by atoms with van der Waals surface area (Å²) in [6.45, 7) is 4.46. The highest BCUT2D eigenvalue weighted by molar-refractivity contribution is 5.75. The van der Waals surface area contributed by atoms with Crippen LogP contribution in [0.4, 0.5) is 28.6 Å². The number of aromatic nitrogens is 3. The second-order valence-electron chi connectivity index (χ2n) is 7.17. The second-order valence-corrected chi connectivity index (χ2v) is 7.17. The number of nitrogens with two attached hydrogens (primary N) is 1. The van der Waals surface area contributed by atoms with Crippen LogP contribution in [0.3, 0.4) is 0 Å². The summed E-state index contributed by atoms with van der Waals surface area (Å²) in [6, 6.07) is 17.5. The lowest BCUT2D eigenvalue weighted by Gasteiger charge is -2.38. The van der Waals surface area contributed by atoms with Gasteiger partial charge in [-0.25, -0.2) is 5.43 Å². The number of nitrogens with zero attached hydrogens (tertiary/aromatic N) is 5. The first kappa shape index (κ1) is 19.6. The van der Waals surface area contributed by atoms with Gasteiger partial charge in [-0.05, 0) is 42.0 Å². The minimum Gasteiger partial charge on any atom is -0.397 e. The zero-order chi connectivity index (χ0) is 21.0. The van der Waals surface area contributed by atoms with Crippen molar-refractivity contribution in [2.24, 2.45) is 0 Å². The number of morpholine rings is 1. The smallest absolute Gasteiger partial charge is 0.276 e. The van der Waals surface area contributed by atoms with Crippen LogP contribution in [0, 0.1) is 18.3 Å². The Kier molecular flexibility index (Phi) is 5.43. The van der Waals surface area contributed by atoms with Crippen LogP contribution in [0.1, 0.15) is 11.3 Å². The summed E-state index contributed by atoms with van der Waals surface area (Å²) in [4.78, 5) is 0. The average Bonchev–Trinajstić information content (AvgIpc) is 2.78. The quantitative estimate of drug-likeness (QED) is 0.439. The molecule has 9 nitrogen and oxygen atoms in total. The monoisotopic (exact) mass is 403 g/mol. The maximum atomic E-state index is 9.21. The molecule has 9 heteroatoms. The number of para-hydroxylation sites is 2. The number of hydrogen-bond acceptors (Lipinski definition) is 8. The largest absolute Gasteiger partial charge is 0.397 e. The lowest BCUT2D eigenvalue weighted by atomic mass is 10.1. The van der Waals surface area contributed by atoms with E-state index in [1.54, 1.807) is 6.07 Å². The van der Waals surface area contributed by atoms with Crippen LogP contribution in [-0.4, -0.2) is 41.7 Å². The summed E-state index contributed by atoms with van der Waals surface area (Å²) < 4.78 is 5.88. The highest BCUT2D eigenvalue weighted by Crippen LogP contribution is 2.30. The molecule has 1 saturated heterocycles. The van der Waals surface area contributed by atoms with Crippen molar-refractivity contribution in [3.63, 3.8) is 0 Å². The van der Waals surface area contributed by atoms with Gasteiger partial charge in [0.1, 0.15) is 19.2 Å². The Morgan fingerprint density at radius 3 is 2.63 bits per heavy atom. The third-order valence-corrected chi connectivity index (χ3v) is 5.16. The van der Waals surface area contributed by atoms with E-state index >= 15 is 0 Å². The van der Waals surface area contributed by atoms with E-state index < -0.39 is 0 Å². The molecule has 2 heterocycles. The van der Waals surface area contributed by atoms with Gasteiger partial charge in [0.2, 0.25) is 0 Å². The lowest BCUT2D eigenvalue weighted by molar-refractivity contribution is 0.0501. The lowest BCUT2D eigenvalue weighted by Crippen LogP contribution is -2.60. The number of nitrogen functional groups attached to an aromatic ring is 1. The Hall–Kier alpha value is -3.74. The zero-order valence-corrected chi connectivity index (χ0v) is 16.7. The summed E-state index contributed by atoms with van der Waals surface area (Å²) in [7, 11) is 0. The topological polar surface area (TPSA) is 122 Å². The van der Waals surface area contributed by atoms with Gasteiger partial charge in [-0.2, -0.15) is 9.85 Å². The first-order valence-electron chi connectivity index (χ1n) is 9.66. The van der Waals surface area contributed by atoms with Crippen LogP contribution >= 0.6 is 0 Å².